The number of nitrogens with zero attached hydrogens (tertiary/aromatic N) is 3. The molecule has 6 heteroatoms. The third-order valence-corrected chi connectivity index (χ3v) is 3.77. The summed E-state index contributed by atoms with van der Waals surface area (Å²) in [7, 11) is 0. The number of carbonyl (C=O) groups excluding carboxylic acids is 1. The molecule has 0 bridgehead atoms. The van der Waals surface area contributed by atoms with E-state index in [-0.39, 0.29) is 5.78 Å². The van der Waals surface area contributed by atoms with Crippen molar-refractivity contribution in [3.05, 3.63) is 28.4 Å². The van der Waals surface area contributed by atoms with Crippen molar-refractivity contribution in [1.82, 2.24) is 9.97 Å². The molecule has 1 aliphatic heterocycles. The minimum absolute atomic E-state index is 0.00951. The largest absolute Gasteiger partial charge is 0.378 e. The number of hydrogen-bond acceptors (Lipinski definition) is 5. The molecule has 104 valence electrons. The lowest BCUT2D eigenvalue weighted by Gasteiger charge is -2.27. The molecule has 1 fully saturated rings. The summed E-state index contributed by atoms with van der Waals surface area (Å²) in [5.41, 5.74) is 1.98. The molecule has 2 heterocycles. The second-order valence-electron chi connectivity index (χ2n) is 4.70. The fourth-order valence-corrected chi connectivity index (χ4v) is 2.73. The molecule has 0 saturated carbocycles. The Kier molecular flexibility index (Phi) is 3.67. The quantitative estimate of drug-likeness (QED) is 0.789. The van der Waals surface area contributed by atoms with Crippen LogP contribution in [0.2, 0.25) is 0 Å². The summed E-state index contributed by atoms with van der Waals surface area (Å²) in [5, 5.41) is 0. The number of ketones is 1. The molecule has 5 nitrogen and oxygen atoms in total. The second-order valence-corrected chi connectivity index (χ2v) is 5.62. The third-order valence-electron chi connectivity index (χ3n) is 3.31. The predicted molar refractivity (Wildman–Crippen MR) is 80.3 cm³/mol. The number of fused-ring (bicyclic) bond motifs is 1. The van der Waals surface area contributed by atoms with Gasteiger partial charge in [-0.25, -0.2) is 4.98 Å². The summed E-state index contributed by atoms with van der Waals surface area (Å²) in [4.78, 5) is 23.0. The molecule has 0 spiro atoms. The Hall–Kier alpha value is -1.53. The van der Waals surface area contributed by atoms with Gasteiger partial charge in [-0.1, -0.05) is 15.9 Å². The van der Waals surface area contributed by atoms with E-state index in [0.29, 0.717) is 24.3 Å². The number of benzene rings is 1. The van der Waals surface area contributed by atoms with Crippen molar-refractivity contribution in [3.8, 4) is 0 Å². The van der Waals surface area contributed by atoms with Crippen molar-refractivity contribution in [1.29, 1.82) is 0 Å². The van der Waals surface area contributed by atoms with Gasteiger partial charge in [0, 0.05) is 23.1 Å². The van der Waals surface area contributed by atoms with E-state index in [4.69, 9.17) is 4.74 Å². The number of halogens is 1. The first-order valence-corrected chi connectivity index (χ1v) is 7.24. The molecule has 1 aromatic carbocycles. The Morgan fingerprint density at radius 2 is 2.10 bits per heavy atom. The van der Waals surface area contributed by atoms with Crippen LogP contribution in [0.1, 0.15) is 17.3 Å². The monoisotopic (exact) mass is 335 g/mol. The van der Waals surface area contributed by atoms with E-state index in [1.54, 1.807) is 19.2 Å². The van der Waals surface area contributed by atoms with Crippen molar-refractivity contribution in [2.45, 2.75) is 6.92 Å². The van der Waals surface area contributed by atoms with E-state index in [9.17, 15) is 4.79 Å². The van der Waals surface area contributed by atoms with Gasteiger partial charge in [0.05, 0.1) is 24.9 Å². The van der Waals surface area contributed by atoms with E-state index in [0.717, 1.165) is 28.9 Å². The minimum atomic E-state index is -0.00951. The van der Waals surface area contributed by atoms with E-state index in [2.05, 4.69) is 30.8 Å². The first-order valence-electron chi connectivity index (χ1n) is 6.45. The Morgan fingerprint density at radius 3 is 2.80 bits per heavy atom. The number of ether oxygens (including phenoxy) is 1. The fraction of sp³-hybridized carbons (Fsp3) is 0.357. The molecule has 1 aromatic heterocycles. The Balaban J connectivity index is 2.11. The van der Waals surface area contributed by atoms with Gasteiger partial charge in [-0.15, -0.1) is 0 Å². The number of Topliss-reactive ketones (excluding diaryl/α,β-unsaturated/α-hetero) is 1. The molecule has 0 N–H and O–H groups in total. The molecule has 2 aromatic rings. The third kappa shape index (κ3) is 2.53. The Bertz CT molecular complexity index is 669. The van der Waals surface area contributed by atoms with Crippen LogP contribution in [0.4, 0.5) is 5.82 Å². The molecule has 0 atom stereocenters. The van der Waals surface area contributed by atoms with Crippen molar-refractivity contribution < 1.29 is 9.53 Å². The molecule has 0 amide bonds. The lowest BCUT2D eigenvalue weighted by molar-refractivity contribution is 0.101. The first kappa shape index (κ1) is 13.5. The lowest BCUT2D eigenvalue weighted by Crippen LogP contribution is -2.36. The number of aromatic nitrogens is 2. The normalized spacial score (nSPS) is 15.6. The zero-order chi connectivity index (χ0) is 14.1. The zero-order valence-electron chi connectivity index (χ0n) is 11.1. The molecule has 0 aliphatic carbocycles. The maximum Gasteiger partial charge on any atom is 0.162 e. The molecular weight excluding hydrogens is 322 g/mol. The maximum absolute atomic E-state index is 11.8. The van der Waals surface area contributed by atoms with Gasteiger partial charge in [0.2, 0.25) is 0 Å². The van der Waals surface area contributed by atoms with Crippen LogP contribution in [0.5, 0.6) is 0 Å². The molecule has 20 heavy (non-hydrogen) atoms. The van der Waals surface area contributed by atoms with Crippen LogP contribution in [-0.2, 0) is 4.74 Å². The number of carbonyl (C=O) groups is 1. The minimum Gasteiger partial charge on any atom is -0.378 e. The van der Waals surface area contributed by atoms with Gasteiger partial charge < -0.3 is 9.64 Å². The van der Waals surface area contributed by atoms with Crippen LogP contribution in [0.15, 0.2) is 22.8 Å². The van der Waals surface area contributed by atoms with Crippen molar-refractivity contribution >= 4 is 38.6 Å². The number of anilines is 1. The van der Waals surface area contributed by atoms with Gasteiger partial charge in [0.1, 0.15) is 11.3 Å². The van der Waals surface area contributed by atoms with E-state index in [1.807, 2.05) is 6.07 Å². The number of hydrogen-bond donors (Lipinski definition) is 0. The van der Waals surface area contributed by atoms with E-state index < -0.39 is 0 Å². The van der Waals surface area contributed by atoms with Crippen molar-refractivity contribution in [2.24, 2.45) is 0 Å². The van der Waals surface area contributed by atoms with E-state index >= 15 is 0 Å². The summed E-state index contributed by atoms with van der Waals surface area (Å²) in [6, 6.07) is 3.67. The molecule has 1 saturated heterocycles. The van der Waals surface area contributed by atoms with Crippen LogP contribution in [0.3, 0.4) is 0 Å². The van der Waals surface area contributed by atoms with Crippen LogP contribution in [-0.4, -0.2) is 42.1 Å². The van der Waals surface area contributed by atoms with Crippen LogP contribution >= 0.6 is 15.9 Å². The lowest BCUT2D eigenvalue weighted by atomic mass is 10.1. The van der Waals surface area contributed by atoms with Gasteiger partial charge in [0.25, 0.3) is 0 Å². The smallest absolute Gasteiger partial charge is 0.162 e. The highest BCUT2D eigenvalue weighted by Gasteiger charge is 2.16. The van der Waals surface area contributed by atoms with Gasteiger partial charge in [-0.3, -0.25) is 9.78 Å². The Labute approximate surface area is 125 Å². The highest BCUT2D eigenvalue weighted by atomic mass is 79.9. The number of rotatable bonds is 2. The predicted octanol–water partition coefficient (Wildman–Crippen LogP) is 2.43. The molecule has 1 aliphatic rings. The zero-order valence-corrected chi connectivity index (χ0v) is 12.7. The van der Waals surface area contributed by atoms with Crippen LogP contribution < -0.4 is 4.90 Å². The molecular formula is C14H14BrN3O2. The van der Waals surface area contributed by atoms with Crippen LogP contribution in [0.25, 0.3) is 11.0 Å². The summed E-state index contributed by atoms with van der Waals surface area (Å²) < 4.78 is 6.17. The highest BCUT2D eigenvalue weighted by Crippen LogP contribution is 2.24. The van der Waals surface area contributed by atoms with Gasteiger partial charge in [-0.2, -0.15) is 0 Å². The highest BCUT2D eigenvalue weighted by molar-refractivity contribution is 9.10. The van der Waals surface area contributed by atoms with Crippen molar-refractivity contribution in [2.75, 3.05) is 31.2 Å². The summed E-state index contributed by atoms with van der Waals surface area (Å²) in [6.45, 7) is 4.53. The second kappa shape index (κ2) is 5.46. The summed E-state index contributed by atoms with van der Waals surface area (Å²) in [5.74, 6) is 0.787. The van der Waals surface area contributed by atoms with Gasteiger partial charge in [-0.05, 0) is 19.1 Å². The van der Waals surface area contributed by atoms with Crippen molar-refractivity contribution in [3.63, 3.8) is 0 Å². The van der Waals surface area contributed by atoms with E-state index in [1.165, 1.54) is 0 Å². The average molecular weight is 336 g/mol. The molecule has 0 unspecified atom stereocenters. The van der Waals surface area contributed by atoms with Crippen LogP contribution in [0, 0.1) is 0 Å². The SMILES string of the molecule is CC(=O)c1cc(Br)cc2ncc(N3CCOCC3)nc12. The molecule has 0 radical (unpaired) electrons. The van der Waals surface area contributed by atoms with Gasteiger partial charge in [0.15, 0.2) is 5.78 Å². The Morgan fingerprint density at radius 1 is 1.35 bits per heavy atom. The topological polar surface area (TPSA) is 55.3 Å². The van der Waals surface area contributed by atoms with Gasteiger partial charge >= 0.3 is 0 Å². The number of morpholine rings is 1. The summed E-state index contributed by atoms with van der Waals surface area (Å²) in [6.07, 6.45) is 1.75. The maximum atomic E-state index is 11.8. The molecule has 3 rings (SSSR count). The summed E-state index contributed by atoms with van der Waals surface area (Å²) >= 11 is 3.40. The average Bonchev–Trinajstić information content (AvgIpc) is 2.46. The first-order chi connectivity index (χ1) is 9.65. The standard InChI is InChI=1S/C14H14BrN3O2/c1-9(19)11-6-10(15)7-12-14(11)17-13(8-16-12)18-2-4-20-5-3-18/h6-8H,2-5H2,1H3. The fourth-order valence-electron chi connectivity index (χ4n) is 2.28.